The summed E-state index contributed by atoms with van der Waals surface area (Å²) in [7, 11) is 0. The minimum Gasteiger partial charge on any atom is -0.317 e. The van der Waals surface area contributed by atoms with Gasteiger partial charge in [-0.25, -0.2) is 4.39 Å². The first-order valence-electron chi connectivity index (χ1n) is 7.37. The molecule has 21 heavy (non-hydrogen) atoms. The van der Waals surface area contributed by atoms with Gasteiger partial charge in [0.1, 0.15) is 5.82 Å². The molecule has 1 N–H and O–H groups in total. The molecule has 0 aromatic heterocycles. The number of rotatable bonds is 7. The van der Waals surface area contributed by atoms with Gasteiger partial charge in [0.2, 0.25) is 0 Å². The molecule has 112 valence electrons. The van der Waals surface area contributed by atoms with Crippen LogP contribution in [0.25, 0.3) is 0 Å². The Morgan fingerprint density at radius 1 is 1.05 bits per heavy atom. The molecule has 2 rings (SSSR count). The molecule has 0 saturated carbocycles. The lowest BCUT2D eigenvalue weighted by molar-refractivity contribution is 0.477. The van der Waals surface area contributed by atoms with E-state index < -0.39 is 0 Å². The predicted octanol–water partition coefficient (Wildman–Crippen LogP) is 4.60. The van der Waals surface area contributed by atoms with Crippen LogP contribution >= 0.6 is 15.9 Å². The number of halogens is 2. The molecule has 0 aliphatic heterocycles. The van der Waals surface area contributed by atoms with Gasteiger partial charge in [-0.2, -0.15) is 0 Å². The zero-order valence-corrected chi connectivity index (χ0v) is 13.9. The summed E-state index contributed by atoms with van der Waals surface area (Å²) in [6, 6.07) is 15.4. The van der Waals surface area contributed by atoms with E-state index in [1.165, 1.54) is 11.6 Å². The highest BCUT2D eigenvalue weighted by atomic mass is 79.9. The molecule has 0 heterocycles. The molecule has 0 amide bonds. The Morgan fingerprint density at radius 3 is 2.43 bits per heavy atom. The second kappa shape index (κ2) is 8.30. The van der Waals surface area contributed by atoms with Gasteiger partial charge in [-0.05, 0) is 67.2 Å². The number of hydrogen-bond donors (Lipinski definition) is 1. The first-order valence-corrected chi connectivity index (χ1v) is 8.16. The minimum absolute atomic E-state index is 0.154. The lowest BCUT2D eigenvalue weighted by Crippen LogP contribution is -2.25. The van der Waals surface area contributed by atoms with Crippen LogP contribution in [0.5, 0.6) is 0 Å². The van der Waals surface area contributed by atoms with Gasteiger partial charge in [-0.15, -0.1) is 0 Å². The quantitative estimate of drug-likeness (QED) is 0.770. The van der Waals surface area contributed by atoms with Crippen molar-refractivity contribution in [3.05, 3.63) is 69.9 Å². The van der Waals surface area contributed by atoms with Crippen LogP contribution in [0, 0.1) is 11.7 Å². The van der Waals surface area contributed by atoms with Crippen molar-refractivity contribution >= 4 is 15.9 Å². The fourth-order valence-electron chi connectivity index (χ4n) is 2.52. The molecular formula is C18H21BrFN. The lowest BCUT2D eigenvalue weighted by Gasteiger charge is -2.18. The highest BCUT2D eigenvalue weighted by Gasteiger charge is 2.11. The van der Waals surface area contributed by atoms with E-state index in [0.29, 0.717) is 5.92 Å². The van der Waals surface area contributed by atoms with E-state index in [1.807, 2.05) is 6.07 Å². The monoisotopic (exact) mass is 349 g/mol. The van der Waals surface area contributed by atoms with Crippen LogP contribution in [0.2, 0.25) is 0 Å². The third-order valence-electron chi connectivity index (χ3n) is 3.53. The highest BCUT2D eigenvalue weighted by Crippen LogP contribution is 2.17. The van der Waals surface area contributed by atoms with Crippen LogP contribution in [0.3, 0.4) is 0 Å². The van der Waals surface area contributed by atoms with E-state index in [0.717, 1.165) is 36.0 Å². The SMILES string of the molecule is CCNCC(Cc1ccc(Br)cc1)Cc1cccc(F)c1. The van der Waals surface area contributed by atoms with Crippen molar-refractivity contribution in [1.82, 2.24) is 5.32 Å². The molecule has 2 aromatic rings. The van der Waals surface area contributed by atoms with Gasteiger partial charge in [0.05, 0.1) is 0 Å². The average Bonchev–Trinajstić information content (AvgIpc) is 2.47. The summed E-state index contributed by atoms with van der Waals surface area (Å²) in [4.78, 5) is 0. The summed E-state index contributed by atoms with van der Waals surface area (Å²) in [5.74, 6) is 0.311. The van der Waals surface area contributed by atoms with Crippen molar-refractivity contribution in [1.29, 1.82) is 0 Å². The number of nitrogens with one attached hydrogen (secondary N) is 1. The zero-order valence-electron chi connectivity index (χ0n) is 12.3. The Bertz CT molecular complexity index is 553. The molecule has 0 bridgehead atoms. The topological polar surface area (TPSA) is 12.0 Å². The Labute approximate surface area is 134 Å². The molecule has 1 atom stereocenters. The molecule has 2 aromatic carbocycles. The Balaban J connectivity index is 2.04. The normalized spacial score (nSPS) is 12.3. The summed E-state index contributed by atoms with van der Waals surface area (Å²) in [6.45, 7) is 4.02. The van der Waals surface area contributed by atoms with E-state index in [1.54, 1.807) is 12.1 Å². The molecule has 1 nitrogen and oxygen atoms in total. The van der Waals surface area contributed by atoms with E-state index in [-0.39, 0.29) is 5.82 Å². The minimum atomic E-state index is -0.154. The van der Waals surface area contributed by atoms with E-state index in [9.17, 15) is 4.39 Å². The van der Waals surface area contributed by atoms with Crippen molar-refractivity contribution in [2.45, 2.75) is 19.8 Å². The van der Waals surface area contributed by atoms with Gasteiger partial charge in [0.25, 0.3) is 0 Å². The van der Waals surface area contributed by atoms with E-state index in [4.69, 9.17) is 0 Å². The van der Waals surface area contributed by atoms with Gasteiger partial charge in [0, 0.05) is 4.47 Å². The largest absolute Gasteiger partial charge is 0.317 e. The maximum atomic E-state index is 13.3. The lowest BCUT2D eigenvalue weighted by atomic mass is 9.92. The maximum absolute atomic E-state index is 13.3. The van der Waals surface area contributed by atoms with Crippen molar-refractivity contribution < 1.29 is 4.39 Å². The molecule has 0 spiro atoms. The second-order valence-corrected chi connectivity index (χ2v) is 6.25. The van der Waals surface area contributed by atoms with Gasteiger partial charge in [0.15, 0.2) is 0 Å². The zero-order chi connectivity index (χ0) is 15.1. The summed E-state index contributed by atoms with van der Waals surface area (Å²) < 4.78 is 14.4. The van der Waals surface area contributed by atoms with Gasteiger partial charge in [-0.3, -0.25) is 0 Å². The van der Waals surface area contributed by atoms with Crippen LogP contribution in [-0.2, 0) is 12.8 Å². The molecule has 0 fully saturated rings. The van der Waals surface area contributed by atoms with Crippen molar-refractivity contribution in [2.75, 3.05) is 13.1 Å². The van der Waals surface area contributed by atoms with Crippen LogP contribution < -0.4 is 5.32 Å². The molecule has 0 saturated heterocycles. The Hall–Kier alpha value is -1.19. The predicted molar refractivity (Wildman–Crippen MR) is 90.0 cm³/mol. The van der Waals surface area contributed by atoms with Crippen molar-refractivity contribution in [3.8, 4) is 0 Å². The summed E-state index contributed by atoms with van der Waals surface area (Å²) in [5.41, 5.74) is 2.38. The summed E-state index contributed by atoms with van der Waals surface area (Å²) in [6.07, 6.45) is 1.89. The first-order chi connectivity index (χ1) is 10.2. The number of benzene rings is 2. The summed E-state index contributed by atoms with van der Waals surface area (Å²) >= 11 is 3.46. The van der Waals surface area contributed by atoms with Gasteiger partial charge < -0.3 is 5.32 Å². The molecular weight excluding hydrogens is 329 g/mol. The third-order valence-corrected chi connectivity index (χ3v) is 4.06. The number of hydrogen-bond acceptors (Lipinski definition) is 1. The fraction of sp³-hybridized carbons (Fsp3) is 0.333. The average molecular weight is 350 g/mol. The second-order valence-electron chi connectivity index (χ2n) is 5.34. The molecule has 0 radical (unpaired) electrons. The van der Waals surface area contributed by atoms with Crippen molar-refractivity contribution in [2.24, 2.45) is 5.92 Å². The smallest absolute Gasteiger partial charge is 0.123 e. The van der Waals surface area contributed by atoms with Crippen LogP contribution in [0.15, 0.2) is 53.0 Å². The molecule has 0 aliphatic carbocycles. The summed E-state index contributed by atoms with van der Waals surface area (Å²) in [5, 5.41) is 3.41. The van der Waals surface area contributed by atoms with Crippen molar-refractivity contribution in [3.63, 3.8) is 0 Å². The molecule has 0 aliphatic rings. The van der Waals surface area contributed by atoms with E-state index >= 15 is 0 Å². The van der Waals surface area contributed by atoms with Crippen LogP contribution in [0.4, 0.5) is 4.39 Å². The van der Waals surface area contributed by atoms with Gasteiger partial charge >= 0.3 is 0 Å². The van der Waals surface area contributed by atoms with Crippen LogP contribution in [0.1, 0.15) is 18.1 Å². The van der Waals surface area contributed by atoms with Gasteiger partial charge in [-0.1, -0.05) is 47.1 Å². The van der Waals surface area contributed by atoms with Crippen LogP contribution in [-0.4, -0.2) is 13.1 Å². The highest BCUT2D eigenvalue weighted by molar-refractivity contribution is 9.10. The molecule has 1 unspecified atom stereocenters. The maximum Gasteiger partial charge on any atom is 0.123 e. The standard InChI is InChI=1S/C18H21BrFN/c1-2-21-13-16(10-14-6-8-17(19)9-7-14)11-15-4-3-5-18(20)12-15/h3-9,12,16,21H,2,10-11,13H2,1H3. The molecule has 3 heteroatoms. The Morgan fingerprint density at radius 2 is 1.76 bits per heavy atom. The Kier molecular flexibility index (Phi) is 6.40. The fourth-order valence-corrected chi connectivity index (χ4v) is 2.78. The van der Waals surface area contributed by atoms with E-state index in [2.05, 4.69) is 52.4 Å². The third kappa shape index (κ3) is 5.60. The first kappa shape index (κ1) is 16.2.